The van der Waals surface area contributed by atoms with Crippen LogP contribution in [0.1, 0.15) is 50.9 Å². The first kappa shape index (κ1) is 15.5. The van der Waals surface area contributed by atoms with Crippen LogP contribution >= 0.6 is 0 Å². The van der Waals surface area contributed by atoms with Gasteiger partial charge in [-0.3, -0.25) is 4.98 Å². The van der Waals surface area contributed by atoms with E-state index in [2.05, 4.69) is 75.2 Å². The van der Waals surface area contributed by atoms with Crippen LogP contribution in [0, 0.1) is 5.92 Å². The van der Waals surface area contributed by atoms with E-state index in [4.69, 9.17) is 0 Å². The quantitative estimate of drug-likeness (QED) is 0.653. The van der Waals surface area contributed by atoms with Crippen molar-refractivity contribution in [1.29, 1.82) is 0 Å². The van der Waals surface area contributed by atoms with Crippen LogP contribution in [-0.4, -0.2) is 4.98 Å². The van der Waals surface area contributed by atoms with Crippen LogP contribution in [0.25, 0.3) is 11.6 Å². The van der Waals surface area contributed by atoms with Gasteiger partial charge >= 0.3 is 0 Å². The molecule has 1 aliphatic carbocycles. The Morgan fingerprint density at radius 2 is 1.95 bits per heavy atom. The predicted molar refractivity (Wildman–Crippen MR) is 93.0 cm³/mol. The third kappa shape index (κ3) is 4.04. The molecule has 0 aromatic carbocycles. The van der Waals surface area contributed by atoms with Crippen molar-refractivity contribution in [2.75, 3.05) is 0 Å². The molecule has 0 radical (unpaired) electrons. The van der Waals surface area contributed by atoms with Gasteiger partial charge in [0.15, 0.2) is 0 Å². The fourth-order valence-corrected chi connectivity index (χ4v) is 2.38. The van der Waals surface area contributed by atoms with Crippen LogP contribution < -0.4 is 0 Å². The highest BCUT2D eigenvalue weighted by molar-refractivity contribution is 5.70. The molecule has 1 nitrogen and oxygen atoms in total. The molecule has 0 saturated carbocycles. The van der Waals surface area contributed by atoms with E-state index in [1.165, 1.54) is 22.3 Å². The Labute approximate surface area is 128 Å². The number of hydrogen-bond acceptors (Lipinski definition) is 1. The molecule has 110 valence electrons. The first-order valence-corrected chi connectivity index (χ1v) is 7.76. The zero-order valence-electron chi connectivity index (χ0n) is 13.6. The summed E-state index contributed by atoms with van der Waals surface area (Å²) in [6.45, 7) is 8.75. The molecule has 0 bridgehead atoms. The second-order valence-corrected chi connectivity index (χ2v) is 5.97. The van der Waals surface area contributed by atoms with Crippen molar-refractivity contribution in [3.8, 4) is 0 Å². The summed E-state index contributed by atoms with van der Waals surface area (Å²) >= 11 is 0. The number of hydrogen-bond donors (Lipinski definition) is 0. The van der Waals surface area contributed by atoms with Crippen molar-refractivity contribution in [3.63, 3.8) is 0 Å². The summed E-state index contributed by atoms with van der Waals surface area (Å²) in [4.78, 5) is 4.58. The molecule has 1 heteroatoms. The molecule has 1 aromatic rings. The summed E-state index contributed by atoms with van der Waals surface area (Å²) in [5.41, 5.74) is 6.48. The minimum Gasteiger partial charge on any atom is -0.256 e. The van der Waals surface area contributed by atoms with Crippen molar-refractivity contribution < 1.29 is 0 Å². The van der Waals surface area contributed by atoms with Gasteiger partial charge in [-0.15, -0.1) is 0 Å². The number of rotatable bonds is 4. The molecular weight excluding hydrogens is 254 g/mol. The van der Waals surface area contributed by atoms with Gasteiger partial charge in [-0.2, -0.15) is 0 Å². The van der Waals surface area contributed by atoms with Crippen LogP contribution in [0.2, 0.25) is 0 Å². The lowest BCUT2D eigenvalue weighted by molar-refractivity contribution is 0.769. The first-order valence-electron chi connectivity index (χ1n) is 7.76. The Morgan fingerprint density at radius 3 is 2.71 bits per heavy atom. The van der Waals surface area contributed by atoms with Crippen molar-refractivity contribution in [2.45, 2.75) is 40.5 Å². The Morgan fingerprint density at radius 1 is 1.19 bits per heavy atom. The third-order valence-electron chi connectivity index (χ3n) is 4.05. The molecule has 1 aliphatic rings. The van der Waals surface area contributed by atoms with Crippen molar-refractivity contribution in [3.05, 3.63) is 65.0 Å². The van der Waals surface area contributed by atoms with E-state index in [1.807, 2.05) is 6.20 Å². The normalized spacial score (nSPS) is 15.9. The highest BCUT2D eigenvalue weighted by Gasteiger charge is 2.11. The van der Waals surface area contributed by atoms with E-state index >= 15 is 0 Å². The van der Waals surface area contributed by atoms with Gasteiger partial charge in [0.1, 0.15) is 0 Å². The first-order chi connectivity index (χ1) is 10.1. The summed E-state index contributed by atoms with van der Waals surface area (Å²) in [6.07, 6.45) is 17.1. The van der Waals surface area contributed by atoms with Crippen LogP contribution in [0.3, 0.4) is 0 Å². The molecule has 0 fully saturated rings. The van der Waals surface area contributed by atoms with E-state index in [9.17, 15) is 0 Å². The fourth-order valence-electron chi connectivity index (χ4n) is 2.38. The summed E-state index contributed by atoms with van der Waals surface area (Å²) in [5.74, 6) is 0.606. The summed E-state index contributed by atoms with van der Waals surface area (Å²) in [7, 11) is 0. The highest BCUT2D eigenvalue weighted by atomic mass is 14.7. The van der Waals surface area contributed by atoms with Gasteiger partial charge in [0.25, 0.3) is 0 Å². The minimum absolute atomic E-state index is 0.606. The number of aromatic nitrogens is 1. The smallest absolute Gasteiger partial charge is 0.0696 e. The average molecular weight is 279 g/mol. The monoisotopic (exact) mass is 279 g/mol. The van der Waals surface area contributed by atoms with Crippen LogP contribution in [-0.2, 0) is 6.42 Å². The van der Waals surface area contributed by atoms with Crippen LogP contribution in [0.5, 0.6) is 0 Å². The van der Waals surface area contributed by atoms with Crippen molar-refractivity contribution >= 4 is 11.6 Å². The zero-order valence-corrected chi connectivity index (χ0v) is 13.6. The number of pyridine rings is 1. The molecule has 1 heterocycles. The van der Waals surface area contributed by atoms with Gasteiger partial charge in [-0.1, -0.05) is 55.9 Å². The van der Waals surface area contributed by atoms with Gasteiger partial charge in [0.05, 0.1) is 5.69 Å². The Hall–Kier alpha value is -1.89. The summed E-state index contributed by atoms with van der Waals surface area (Å²) < 4.78 is 0. The maximum atomic E-state index is 4.58. The lowest BCUT2D eigenvalue weighted by atomic mass is 9.94. The van der Waals surface area contributed by atoms with Gasteiger partial charge < -0.3 is 0 Å². The third-order valence-corrected chi connectivity index (χ3v) is 4.05. The highest BCUT2D eigenvalue weighted by Crippen LogP contribution is 2.25. The molecule has 0 amide bonds. The summed E-state index contributed by atoms with van der Waals surface area (Å²) in [5, 5.41) is 0. The Balaban J connectivity index is 2.19. The van der Waals surface area contributed by atoms with Crippen molar-refractivity contribution in [1.82, 2.24) is 4.98 Å². The molecule has 0 saturated heterocycles. The van der Waals surface area contributed by atoms with E-state index in [1.54, 1.807) is 0 Å². The number of allylic oxidation sites excluding steroid dienone is 7. The molecule has 2 rings (SSSR count). The van der Waals surface area contributed by atoms with Gasteiger partial charge in [0, 0.05) is 6.20 Å². The molecule has 21 heavy (non-hydrogen) atoms. The maximum absolute atomic E-state index is 4.58. The maximum Gasteiger partial charge on any atom is 0.0696 e. The molecular formula is C20H25N. The lowest BCUT2D eigenvalue weighted by Crippen LogP contribution is -2.01. The fraction of sp³-hybridized carbons (Fsp3) is 0.350. The van der Waals surface area contributed by atoms with Crippen LogP contribution in [0.15, 0.2) is 48.2 Å². The SMILES string of the molecule is C\C(=C/C=C\C=C(/C)C(C)C)c1nccc2c1CCC=C2. The average Bonchev–Trinajstić information content (AvgIpc) is 2.50. The zero-order chi connectivity index (χ0) is 15.2. The van der Waals surface area contributed by atoms with E-state index in [0.29, 0.717) is 5.92 Å². The number of fused-ring (bicyclic) bond motifs is 1. The minimum atomic E-state index is 0.606. The molecule has 0 atom stereocenters. The summed E-state index contributed by atoms with van der Waals surface area (Å²) in [6, 6.07) is 2.10. The van der Waals surface area contributed by atoms with E-state index in [-0.39, 0.29) is 0 Å². The molecule has 0 unspecified atom stereocenters. The van der Waals surface area contributed by atoms with E-state index < -0.39 is 0 Å². The van der Waals surface area contributed by atoms with Gasteiger partial charge in [-0.05, 0) is 55.4 Å². The Bertz CT molecular complexity index is 613. The molecule has 0 aliphatic heterocycles. The van der Waals surface area contributed by atoms with Crippen molar-refractivity contribution in [2.24, 2.45) is 5.92 Å². The topological polar surface area (TPSA) is 12.9 Å². The lowest BCUT2D eigenvalue weighted by Gasteiger charge is -2.14. The molecule has 1 aromatic heterocycles. The van der Waals surface area contributed by atoms with Gasteiger partial charge in [-0.25, -0.2) is 0 Å². The van der Waals surface area contributed by atoms with E-state index in [0.717, 1.165) is 18.5 Å². The Kier molecular flexibility index (Phi) is 5.32. The predicted octanol–water partition coefficient (Wildman–Crippen LogP) is 5.60. The van der Waals surface area contributed by atoms with Crippen LogP contribution in [0.4, 0.5) is 0 Å². The van der Waals surface area contributed by atoms with Gasteiger partial charge in [0.2, 0.25) is 0 Å². The largest absolute Gasteiger partial charge is 0.256 e. The second kappa shape index (κ2) is 7.21. The number of nitrogens with zero attached hydrogens (tertiary/aromatic N) is 1. The standard InChI is InChI=1S/C20H25N/c1-15(2)16(3)9-5-6-10-17(4)20-19-12-8-7-11-18(19)13-14-21-20/h5-7,9-11,13-15H,8,12H2,1-4H3/b6-5-,16-9+,17-10+. The molecule has 0 spiro atoms. The second-order valence-electron chi connectivity index (χ2n) is 5.97. The molecule has 0 N–H and O–H groups in total.